The summed E-state index contributed by atoms with van der Waals surface area (Å²) in [6.07, 6.45) is -4.16. The number of aromatic nitrogens is 2. The van der Waals surface area contributed by atoms with Gasteiger partial charge in [0.05, 0.1) is 25.2 Å². The number of alkyl halides is 4. The van der Waals surface area contributed by atoms with E-state index in [-0.39, 0.29) is 18.8 Å². The van der Waals surface area contributed by atoms with E-state index in [1.807, 2.05) is 0 Å². The number of aryl methyl sites for hydroxylation is 1. The van der Waals surface area contributed by atoms with Crippen LogP contribution >= 0.6 is 0 Å². The van der Waals surface area contributed by atoms with Crippen LogP contribution in [0.4, 0.5) is 17.6 Å². The van der Waals surface area contributed by atoms with E-state index < -0.39 is 38.0 Å². The van der Waals surface area contributed by atoms with Gasteiger partial charge in [-0.2, -0.15) is 18.3 Å². The Balaban J connectivity index is 1.88. The molecular formula is C15H14F4N2O3S. The molecule has 10 heteroatoms. The summed E-state index contributed by atoms with van der Waals surface area (Å²) in [4.78, 5) is -0.874. The lowest BCUT2D eigenvalue weighted by molar-refractivity contribution is -0.146. The average Bonchev–Trinajstić information content (AvgIpc) is 2.88. The quantitative estimate of drug-likeness (QED) is 0.768. The molecule has 0 atom stereocenters. The van der Waals surface area contributed by atoms with Crippen molar-refractivity contribution in [1.82, 2.24) is 9.78 Å². The zero-order valence-corrected chi connectivity index (χ0v) is 13.9. The number of benzene rings is 1. The van der Waals surface area contributed by atoms with Gasteiger partial charge in [0.15, 0.2) is 21.2 Å². The van der Waals surface area contributed by atoms with Crippen molar-refractivity contribution in [3.63, 3.8) is 0 Å². The van der Waals surface area contributed by atoms with Gasteiger partial charge >= 0.3 is 6.18 Å². The molecule has 2 aromatic rings. The number of ether oxygens (including phenoxy) is 1. The Kier molecular flexibility index (Phi) is 4.15. The number of nitrogens with zero attached hydrogens (tertiary/aromatic N) is 2. The van der Waals surface area contributed by atoms with Crippen molar-refractivity contribution >= 4 is 9.84 Å². The fourth-order valence-electron chi connectivity index (χ4n) is 2.61. The Morgan fingerprint density at radius 1 is 1.24 bits per heavy atom. The molecular weight excluding hydrogens is 364 g/mol. The summed E-state index contributed by atoms with van der Waals surface area (Å²) < 4.78 is 83.4. The molecule has 0 unspecified atom stereocenters. The van der Waals surface area contributed by atoms with Gasteiger partial charge in [-0.05, 0) is 11.1 Å². The zero-order valence-electron chi connectivity index (χ0n) is 13.0. The molecule has 5 nitrogen and oxygen atoms in total. The van der Waals surface area contributed by atoms with Crippen LogP contribution in [-0.4, -0.2) is 31.4 Å². The summed E-state index contributed by atoms with van der Waals surface area (Å²) in [7, 11) is -3.24. The highest BCUT2D eigenvalue weighted by Crippen LogP contribution is 2.36. The molecule has 0 amide bonds. The highest BCUT2D eigenvalue weighted by molar-refractivity contribution is 7.90. The third-order valence-electron chi connectivity index (χ3n) is 4.00. The van der Waals surface area contributed by atoms with E-state index in [0.29, 0.717) is 16.4 Å². The first kappa shape index (κ1) is 17.9. The maximum absolute atomic E-state index is 14.2. The summed E-state index contributed by atoms with van der Waals surface area (Å²) in [5.41, 5.74) is -2.32. The topological polar surface area (TPSA) is 61.2 Å². The first-order chi connectivity index (χ1) is 11.5. The van der Waals surface area contributed by atoms with Crippen molar-refractivity contribution in [3.05, 3.63) is 47.3 Å². The molecule has 1 aromatic carbocycles. The van der Waals surface area contributed by atoms with Crippen molar-refractivity contribution in [2.24, 2.45) is 7.05 Å². The molecule has 0 aliphatic carbocycles. The Morgan fingerprint density at radius 2 is 1.84 bits per heavy atom. The van der Waals surface area contributed by atoms with Gasteiger partial charge in [0, 0.05) is 7.05 Å². The van der Waals surface area contributed by atoms with Gasteiger partial charge in [0.25, 0.3) is 0 Å². The summed E-state index contributed by atoms with van der Waals surface area (Å²) in [5, 5.41) is 3.41. The Labute approximate surface area is 141 Å². The SMILES string of the molecule is Cn1ncc(S(=O)(=O)Cc2ccc(C3(F)COC3)cc2)c1C(F)(F)F. The predicted molar refractivity (Wildman–Crippen MR) is 79.1 cm³/mol. The van der Waals surface area contributed by atoms with Crippen LogP contribution in [0.15, 0.2) is 35.4 Å². The summed E-state index contributed by atoms with van der Waals surface area (Å²) in [6.45, 7) is -0.148. The van der Waals surface area contributed by atoms with E-state index in [4.69, 9.17) is 4.74 Å². The summed E-state index contributed by atoms with van der Waals surface area (Å²) in [6, 6.07) is 5.61. The largest absolute Gasteiger partial charge is 0.434 e. The second-order valence-corrected chi connectivity index (χ2v) is 7.85. The molecule has 1 aliphatic rings. The van der Waals surface area contributed by atoms with Gasteiger partial charge in [-0.1, -0.05) is 24.3 Å². The van der Waals surface area contributed by atoms with Gasteiger partial charge in [-0.15, -0.1) is 0 Å². The van der Waals surface area contributed by atoms with E-state index >= 15 is 0 Å². The Morgan fingerprint density at radius 3 is 2.32 bits per heavy atom. The van der Waals surface area contributed by atoms with Gasteiger partial charge in [0.1, 0.15) is 4.90 Å². The van der Waals surface area contributed by atoms with Gasteiger partial charge in [0.2, 0.25) is 0 Å². The maximum Gasteiger partial charge on any atom is 0.434 e. The lowest BCUT2D eigenvalue weighted by Crippen LogP contribution is -2.42. The predicted octanol–water partition coefficient (Wildman–Crippen LogP) is 2.61. The minimum absolute atomic E-state index is 0.0741. The van der Waals surface area contributed by atoms with Crippen LogP contribution in [0, 0.1) is 0 Å². The van der Waals surface area contributed by atoms with Crippen LogP contribution in [0.5, 0.6) is 0 Å². The smallest absolute Gasteiger partial charge is 0.374 e. The van der Waals surface area contributed by atoms with Crippen LogP contribution in [0.1, 0.15) is 16.8 Å². The lowest BCUT2D eigenvalue weighted by Gasteiger charge is -2.34. The molecule has 136 valence electrons. The Bertz CT molecular complexity index is 884. The van der Waals surface area contributed by atoms with Gasteiger partial charge < -0.3 is 4.74 Å². The number of halogens is 4. The fourth-order valence-corrected chi connectivity index (χ4v) is 4.15. The maximum atomic E-state index is 14.2. The second kappa shape index (κ2) is 5.80. The number of rotatable bonds is 4. The van der Waals surface area contributed by atoms with E-state index in [0.717, 1.165) is 7.05 Å². The standard InChI is InChI=1S/C15H14F4N2O3S/c1-21-13(15(17,18)19)12(6-20-21)25(22,23)7-10-2-4-11(5-3-10)14(16)8-24-9-14/h2-6H,7-9H2,1H3. The molecule has 0 N–H and O–H groups in total. The molecule has 1 aliphatic heterocycles. The van der Waals surface area contributed by atoms with Crippen molar-refractivity contribution in [2.45, 2.75) is 22.5 Å². The van der Waals surface area contributed by atoms with Crippen LogP contribution in [0.3, 0.4) is 0 Å². The monoisotopic (exact) mass is 378 g/mol. The Hall–Kier alpha value is -1.94. The highest BCUT2D eigenvalue weighted by Gasteiger charge is 2.42. The number of hydrogen-bond donors (Lipinski definition) is 0. The lowest BCUT2D eigenvalue weighted by atomic mass is 9.93. The summed E-state index contributed by atoms with van der Waals surface area (Å²) in [5.74, 6) is -0.641. The highest BCUT2D eigenvalue weighted by atomic mass is 32.2. The van der Waals surface area contributed by atoms with Gasteiger partial charge in [-0.3, -0.25) is 4.68 Å². The molecule has 1 saturated heterocycles. The molecule has 1 aromatic heterocycles. The van der Waals surface area contributed by atoms with Crippen LogP contribution in [-0.2, 0) is 39.2 Å². The molecule has 0 radical (unpaired) electrons. The normalized spacial score (nSPS) is 17.3. The molecule has 3 rings (SSSR count). The molecule has 0 spiro atoms. The fraction of sp³-hybridized carbons (Fsp3) is 0.400. The van der Waals surface area contributed by atoms with Gasteiger partial charge in [-0.25, -0.2) is 12.8 Å². The molecule has 0 bridgehead atoms. The molecule has 1 fully saturated rings. The third kappa shape index (κ3) is 3.28. The number of hydrogen-bond acceptors (Lipinski definition) is 4. The van der Waals surface area contributed by atoms with Crippen LogP contribution in [0.25, 0.3) is 0 Å². The third-order valence-corrected chi connectivity index (χ3v) is 5.68. The molecule has 0 saturated carbocycles. The first-order valence-corrected chi connectivity index (χ1v) is 8.86. The van der Waals surface area contributed by atoms with Crippen molar-refractivity contribution in [1.29, 1.82) is 0 Å². The van der Waals surface area contributed by atoms with Crippen molar-refractivity contribution in [3.8, 4) is 0 Å². The van der Waals surface area contributed by atoms with E-state index in [1.54, 1.807) is 0 Å². The summed E-state index contributed by atoms with van der Waals surface area (Å²) >= 11 is 0. The molecule has 2 heterocycles. The second-order valence-electron chi connectivity index (χ2n) is 5.89. The van der Waals surface area contributed by atoms with Crippen molar-refractivity contribution in [2.75, 3.05) is 13.2 Å². The molecule has 25 heavy (non-hydrogen) atoms. The van der Waals surface area contributed by atoms with E-state index in [2.05, 4.69) is 5.10 Å². The van der Waals surface area contributed by atoms with Crippen LogP contribution in [0.2, 0.25) is 0 Å². The first-order valence-electron chi connectivity index (χ1n) is 7.21. The zero-order chi connectivity index (χ0) is 18.5. The minimum atomic E-state index is -4.84. The van der Waals surface area contributed by atoms with Crippen LogP contribution < -0.4 is 0 Å². The van der Waals surface area contributed by atoms with E-state index in [1.165, 1.54) is 24.3 Å². The average molecular weight is 378 g/mol. The minimum Gasteiger partial charge on any atom is -0.374 e. The van der Waals surface area contributed by atoms with Crippen molar-refractivity contribution < 1.29 is 30.7 Å². The number of sulfone groups is 1. The van der Waals surface area contributed by atoms with E-state index in [9.17, 15) is 26.0 Å².